The fraction of sp³-hybridized carbons (Fsp3) is 0.462. The highest BCUT2D eigenvalue weighted by Gasteiger charge is 2.32. The Kier molecular flexibility index (Phi) is 2.69. The van der Waals surface area contributed by atoms with Gasteiger partial charge in [0.2, 0.25) is 0 Å². The monoisotopic (exact) mass is 297 g/mol. The van der Waals surface area contributed by atoms with E-state index in [4.69, 9.17) is 0 Å². The van der Waals surface area contributed by atoms with Gasteiger partial charge >= 0.3 is 0 Å². The molecule has 0 saturated heterocycles. The van der Waals surface area contributed by atoms with Crippen LogP contribution in [0, 0.1) is 11.7 Å². The summed E-state index contributed by atoms with van der Waals surface area (Å²) in [7, 11) is 0. The van der Waals surface area contributed by atoms with E-state index in [0.29, 0.717) is 11.0 Å². The minimum absolute atomic E-state index is 0.148. The van der Waals surface area contributed by atoms with E-state index < -0.39 is 5.82 Å². The molecule has 0 radical (unpaired) electrons. The predicted molar refractivity (Wildman–Crippen MR) is 66.2 cm³/mol. The first kappa shape index (κ1) is 11.2. The van der Waals surface area contributed by atoms with Crippen molar-refractivity contribution in [3.05, 3.63) is 33.5 Å². The van der Waals surface area contributed by atoms with Gasteiger partial charge in [0.1, 0.15) is 5.82 Å². The third-order valence-corrected chi connectivity index (χ3v) is 3.96. The number of amides is 1. The number of benzene rings is 1. The zero-order valence-electron chi connectivity index (χ0n) is 9.38. The van der Waals surface area contributed by atoms with Crippen LogP contribution in [-0.4, -0.2) is 17.4 Å². The van der Waals surface area contributed by atoms with Crippen molar-refractivity contribution in [2.45, 2.75) is 25.8 Å². The molecule has 0 N–H and O–H groups in total. The maximum absolute atomic E-state index is 13.7. The number of hydrogen-bond donors (Lipinski definition) is 0. The summed E-state index contributed by atoms with van der Waals surface area (Å²) in [4.78, 5) is 13.8. The van der Waals surface area contributed by atoms with Gasteiger partial charge in [-0.15, -0.1) is 0 Å². The van der Waals surface area contributed by atoms with Gasteiger partial charge in [-0.25, -0.2) is 4.39 Å². The Morgan fingerprint density at radius 2 is 2.18 bits per heavy atom. The van der Waals surface area contributed by atoms with Crippen molar-refractivity contribution in [1.29, 1.82) is 0 Å². The number of rotatable bonds is 3. The van der Waals surface area contributed by atoms with Crippen LogP contribution in [0.3, 0.4) is 0 Å². The maximum atomic E-state index is 13.7. The third kappa shape index (κ3) is 2.10. The lowest BCUT2D eigenvalue weighted by Gasteiger charge is -2.14. The fourth-order valence-electron chi connectivity index (χ4n) is 2.35. The summed E-state index contributed by atoms with van der Waals surface area (Å²) in [5, 5.41) is 0. The summed E-state index contributed by atoms with van der Waals surface area (Å²) in [5.41, 5.74) is 1.07. The summed E-state index contributed by atoms with van der Waals surface area (Å²) in [6.45, 7) is 1.31. The second kappa shape index (κ2) is 4.09. The Morgan fingerprint density at radius 3 is 2.88 bits per heavy atom. The molecule has 2 aliphatic rings. The van der Waals surface area contributed by atoms with Crippen molar-refractivity contribution in [2.75, 3.05) is 6.54 Å². The number of fused-ring (bicyclic) bond motifs is 1. The normalized spacial score (nSPS) is 18.7. The largest absolute Gasteiger partial charge is 0.334 e. The smallest absolute Gasteiger partial charge is 0.257 e. The number of nitrogens with zero attached hydrogens (tertiary/aromatic N) is 1. The standard InChI is InChI=1S/C13H13BrFNO/c14-10-5-9-7-16(4-3-8-1-2-8)13(17)12(9)11(15)6-10/h5-6,8H,1-4,7H2. The van der Waals surface area contributed by atoms with E-state index >= 15 is 0 Å². The van der Waals surface area contributed by atoms with E-state index in [2.05, 4.69) is 15.9 Å². The van der Waals surface area contributed by atoms with Gasteiger partial charge in [-0.3, -0.25) is 4.79 Å². The Balaban J connectivity index is 1.81. The summed E-state index contributed by atoms with van der Waals surface area (Å²) in [5.74, 6) is 0.238. The van der Waals surface area contributed by atoms with E-state index in [0.717, 1.165) is 24.4 Å². The van der Waals surface area contributed by atoms with Crippen LogP contribution in [-0.2, 0) is 6.54 Å². The molecule has 1 aromatic rings. The topological polar surface area (TPSA) is 20.3 Å². The van der Waals surface area contributed by atoms with Crippen LogP contribution < -0.4 is 0 Å². The van der Waals surface area contributed by atoms with E-state index in [1.54, 1.807) is 4.90 Å². The Morgan fingerprint density at radius 1 is 1.41 bits per heavy atom. The van der Waals surface area contributed by atoms with Gasteiger partial charge in [0.05, 0.1) is 5.56 Å². The number of halogens is 2. The van der Waals surface area contributed by atoms with Gasteiger partial charge < -0.3 is 4.90 Å². The molecule has 17 heavy (non-hydrogen) atoms. The van der Waals surface area contributed by atoms with E-state index in [1.807, 2.05) is 6.07 Å². The Bertz CT molecular complexity index is 485. The van der Waals surface area contributed by atoms with Crippen molar-refractivity contribution in [1.82, 2.24) is 4.90 Å². The number of carbonyl (C=O) groups excluding carboxylic acids is 1. The Labute approximate surface area is 108 Å². The van der Waals surface area contributed by atoms with Gasteiger partial charge in [-0.1, -0.05) is 28.8 Å². The molecule has 90 valence electrons. The first-order valence-electron chi connectivity index (χ1n) is 5.92. The van der Waals surface area contributed by atoms with Crippen LogP contribution in [0.5, 0.6) is 0 Å². The zero-order valence-corrected chi connectivity index (χ0v) is 11.0. The molecule has 2 nitrogen and oxygen atoms in total. The molecular formula is C13H13BrFNO. The minimum Gasteiger partial charge on any atom is -0.334 e. The highest BCUT2D eigenvalue weighted by molar-refractivity contribution is 9.10. The highest BCUT2D eigenvalue weighted by atomic mass is 79.9. The summed E-state index contributed by atoms with van der Waals surface area (Å²) in [6, 6.07) is 3.20. The molecule has 4 heteroatoms. The van der Waals surface area contributed by atoms with Gasteiger partial charge in [-0.05, 0) is 30.0 Å². The van der Waals surface area contributed by atoms with Crippen LogP contribution in [0.15, 0.2) is 16.6 Å². The number of carbonyl (C=O) groups is 1. The molecule has 1 amide bonds. The quantitative estimate of drug-likeness (QED) is 0.838. The van der Waals surface area contributed by atoms with Crippen LogP contribution in [0.1, 0.15) is 35.2 Å². The molecular weight excluding hydrogens is 285 g/mol. The van der Waals surface area contributed by atoms with Gasteiger partial charge in [0, 0.05) is 17.6 Å². The van der Waals surface area contributed by atoms with E-state index in [9.17, 15) is 9.18 Å². The SMILES string of the molecule is O=C1c2c(F)cc(Br)cc2CN1CCC1CC1. The molecule has 0 unspecified atom stereocenters. The summed E-state index contributed by atoms with van der Waals surface area (Å²) < 4.78 is 14.4. The highest BCUT2D eigenvalue weighted by Crippen LogP contribution is 2.34. The first-order valence-corrected chi connectivity index (χ1v) is 6.71. The van der Waals surface area contributed by atoms with Gasteiger partial charge in [-0.2, -0.15) is 0 Å². The van der Waals surface area contributed by atoms with Crippen molar-refractivity contribution < 1.29 is 9.18 Å². The van der Waals surface area contributed by atoms with Crippen molar-refractivity contribution in [2.24, 2.45) is 5.92 Å². The van der Waals surface area contributed by atoms with Crippen molar-refractivity contribution >= 4 is 21.8 Å². The van der Waals surface area contributed by atoms with Gasteiger partial charge in [0.15, 0.2) is 0 Å². The second-order valence-corrected chi connectivity index (χ2v) is 5.80. The van der Waals surface area contributed by atoms with Crippen LogP contribution in [0.25, 0.3) is 0 Å². The summed E-state index contributed by atoms with van der Waals surface area (Å²) >= 11 is 3.26. The molecule has 1 aromatic carbocycles. The molecule has 0 atom stereocenters. The molecule has 0 spiro atoms. The van der Waals surface area contributed by atoms with Gasteiger partial charge in [0.25, 0.3) is 5.91 Å². The fourth-order valence-corrected chi connectivity index (χ4v) is 2.83. The lowest BCUT2D eigenvalue weighted by Crippen LogP contribution is -2.25. The van der Waals surface area contributed by atoms with E-state index in [-0.39, 0.29) is 11.5 Å². The molecule has 1 aliphatic heterocycles. The van der Waals surface area contributed by atoms with Crippen LogP contribution >= 0.6 is 15.9 Å². The Hall–Kier alpha value is -0.900. The molecule has 0 aromatic heterocycles. The second-order valence-electron chi connectivity index (χ2n) is 4.88. The molecule has 3 rings (SSSR count). The average molecular weight is 298 g/mol. The van der Waals surface area contributed by atoms with Crippen LogP contribution in [0.4, 0.5) is 4.39 Å². The van der Waals surface area contributed by atoms with Crippen molar-refractivity contribution in [3.8, 4) is 0 Å². The lowest BCUT2D eigenvalue weighted by atomic mass is 10.1. The minimum atomic E-state index is -0.409. The maximum Gasteiger partial charge on any atom is 0.257 e. The first-order chi connectivity index (χ1) is 8.15. The summed E-state index contributed by atoms with van der Waals surface area (Å²) in [6.07, 6.45) is 3.63. The average Bonchev–Trinajstić information content (AvgIpc) is 3.01. The van der Waals surface area contributed by atoms with Crippen molar-refractivity contribution in [3.63, 3.8) is 0 Å². The number of hydrogen-bond acceptors (Lipinski definition) is 1. The predicted octanol–water partition coefficient (Wildman–Crippen LogP) is 3.34. The zero-order chi connectivity index (χ0) is 12.0. The lowest BCUT2D eigenvalue weighted by molar-refractivity contribution is 0.0771. The molecule has 0 bridgehead atoms. The van der Waals surface area contributed by atoms with E-state index in [1.165, 1.54) is 18.9 Å². The molecule has 1 fully saturated rings. The van der Waals surface area contributed by atoms with Crippen LogP contribution in [0.2, 0.25) is 0 Å². The molecule has 1 aliphatic carbocycles. The molecule has 1 saturated carbocycles. The third-order valence-electron chi connectivity index (χ3n) is 3.50. The molecule has 1 heterocycles.